The first-order valence-corrected chi connectivity index (χ1v) is 8.54. The fourth-order valence-electron chi connectivity index (χ4n) is 2.60. The van der Waals surface area contributed by atoms with E-state index in [2.05, 4.69) is 20.6 Å². The summed E-state index contributed by atoms with van der Waals surface area (Å²) in [4.78, 5) is 28.9. The summed E-state index contributed by atoms with van der Waals surface area (Å²) in [5.74, 6) is 1.15. The second-order valence-corrected chi connectivity index (χ2v) is 6.38. The van der Waals surface area contributed by atoms with Gasteiger partial charge in [-0.05, 0) is 12.5 Å². The lowest BCUT2D eigenvalue weighted by molar-refractivity contribution is 0.0947. The molecule has 136 valence electrons. The molecule has 0 aliphatic carbocycles. The lowest BCUT2D eigenvalue weighted by atomic mass is 10.1. The molecule has 0 aliphatic heterocycles. The van der Waals surface area contributed by atoms with E-state index in [1.165, 1.54) is 11.7 Å². The second-order valence-electron chi connectivity index (χ2n) is 6.38. The third-order valence-corrected chi connectivity index (χ3v) is 4.02. The van der Waals surface area contributed by atoms with Crippen molar-refractivity contribution in [3.05, 3.63) is 52.0 Å². The van der Waals surface area contributed by atoms with Crippen molar-refractivity contribution in [2.45, 2.75) is 32.6 Å². The summed E-state index contributed by atoms with van der Waals surface area (Å²) in [6, 6.07) is 6.96. The minimum Gasteiger partial charge on any atom is -0.351 e. The molecule has 0 fully saturated rings. The number of hydrogen-bond acceptors (Lipinski definition) is 6. The third-order valence-electron chi connectivity index (χ3n) is 4.02. The zero-order chi connectivity index (χ0) is 18.7. The lowest BCUT2D eigenvalue weighted by Gasteiger charge is -2.08. The average molecular weight is 355 g/mol. The smallest absolute Gasteiger partial charge is 0.274 e. The molecule has 1 N–H and O–H groups in total. The first kappa shape index (κ1) is 17.8. The van der Waals surface area contributed by atoms with E-state index in [9.17, 15) is 9.59 Å². The molecule has 3 rings (SSSR count). The Morgan fingerprint density at radius 3 is 2.69 bits per heavy atom. The molecule has 8 nitrogen and oxygen atoms in total. The number of fused-ring (bicyclic) bond motifs is 1. The van der Waals surface area contributed by atoms with Crippen molar-refractivity contribution < 1.29 is 9.32 Å². The Hall–Kier alpha value is -3.03. The van der Waals surface area contributed by atoms with Crippen LogP contribution in [-0.4, -0.2) is 32.4 Å². The van der Waals surface area contributed by atoms with E-state index in [0.717, 1.165) is 0 Å². The van der Waals surface area contributed by atoms with Crippen molar-refractivity contribution in [3.63, 3.8) is 0 Å². The number of hydrogen-bond donors (Lipinski definition) is 1. The maximum Gasteiger partial charge on any atom is 0.274 e. The molecule has 1 amide bonds. The molecule has 0 radical (unpaired) electrons. The van der Waals surface area contributed by atoms with Gasteiger partial charge in [-0.25, -0.2) is 4.68 Å². The van der Waals surface area contributed by atoms with Gasteiger partial charge in [-0.15, -0.1) is 0 Å². The number of aryl methyl sites for hydroxylation is 2. The summed E-state index contributed by atoms with van der Waals surface area (Å²) in [7, 11) is 1.54. The molecule has 0 bridgehead atoms. The van der Waals surface area contributed by atoms with Gasteiger partial charge in [0.15, 0.2) is 11.5 Å². The Morgan fingerprint density at radius 1 is 1.27 bits per heavy atom. The number of benzene rings is 1. The Labute approximate surface area is 150 Å². The molecule has 0 atom stereocenters. The highest BCUT2D eigenvalue weighted by Crippen LogP contribution is 2.13. The van der Waals surface area contributed by atoms with Crippen molar-refractivity contribution in [3.8, 4) is 0 Å². The lowest BCUT2D eigenvalue weighted by Crippen LogP contribution is -2.30. The predicted molar refractivity (Wildman–Crippen MR) is 96.0 cm³/mol. The largest absolute Gasteiger partial charge is 0.351 e. The van der Waals surface area contributed by atoms with Gasteiger partial charge in [-0.1, -0.05) is 37.2 Å². The summed E-state index contributed by atoms with van der Waals surface area (Å²) in [6.45, 7) is 4.44. The summed E-state index contributed by atoms with van der Waals surface area (Å²) >= 11 is 0. The molecule has 3 aromatic rings. The van der Waals surface area contributed by atoms with Crippen LogP contribution in [0.5, 0.6) is 0 Å². The van der Waals surface area contributed by atoms with E-state index in [-0.39, 0.29) is 23.1 Å². The SMILES string of the molecule is CC(C)c1noc(CCCNC(=O)c2nn(C)c(=O)c3ccccc23)n1. The Bertz CT molecular complexity index is 990. The van der Waals surface area contributed by atoms with Gasteiger partial charge >= 0.3 is 0 Å². The normalized spacial score (nSPS) is 11.2. The number of aromatic nitrogens is 4. The van der Waals surface area contributed by atoms with Gasteiger partial charge in [0.05, 0.1) is 5.39 Å². The number of nitrogens with one attached hydrogen (secondary N) is 1. The van der Waals surface area contributed by atoms with Gasteiger partial charge in [0.2, 0.25) is 5.89 Å². The van der Waals surface area contributed by atoms with Crippen LogP contribution in [0, 0.1) is 0 Å². The molecular weight excluding hydrogens is 334 g/mol. The van der Waals surface area contributed by atoms with Gasteiger partial charge in [-0.2, -0.15) is 10.1 Å². The average Bonchev–Trinajstić information content (AvgIpc) is 3.11. The Morgan fingerprint density at radius 2 is 2.00 bits per heavy atom. The van der Waals surface area contributed by atoms with Crippen LogP contribution in [0.4, 0.5) is 0 Å². The molecule has 0 aliphatic rings. The number of carbonyl (C=O) groups excluding carboxylic acids is 1. The zero-order valence-corrected chi connectivity index (χ0v) is 15.0. The summed E-state index contributed by atoms with van der Waals surface area (Å²) < 4.78 is 6.36. The molecule has 0 spiro atoms. The van der Waals surface area contributed by atoms with Gasteiger partial charge < -0.3 is 9.84 Å². The van der Waals surface area contributed by atoms with E-state index in [0.29, 0.717) is 41.9 Å². The monoisotopic (exact) mass is 355 g/mol. The predicted octanol–water partition coefficient (Wildman–Crippen LogP) is 1.80. The summed E-state index contributed by atoms with van der Waals surface area (Å²) in [6.07, 6.45) is 1.25. The zero-order valence-electron chi connectivity index (χ0n) is 15.0. The Balaban J connectivity index is 1.64. The van der Waals surface area contributed by atoms with Crippen molar-refractivity contribution >= 4 is 16.7 Å². The van der Waals surface area contributed by atoms with Crippen LogP contribution in [0.2, 0.25) is 0 Å². The maximum atomic E-state index is 12.5. The molecule has 2 heterocycles. The number of nitrogens with zero attached hydrogens (tertiary/aromatic N) is 4. The highest BCUT2D eigenvalue weighted by molar-refractivity contribution is 6.04. The quantitative estimate of drug-likeness (QED) is 0.676. The minimum absolute atomic E-state index is 0.219. The third kappa shape index (κ3) is 3.63. The number of amides is 1. The van der Waals surface area contributed by atoms with Crippen LogP contribution in [0.25, 0.3) is 10.8 Å². The van der Waals surface area contributed by atoms with E-state index < -0.39 is 0 Å². The molecule has 0 saturated heterocycles. The highest BCUT2D eigenvalue weighted by Gasteiger charge is 2.15. The standard InChI is InChI=1S/C18H21N5O3/c1-11(2)16-20-14(26-22-16)9-6-10-19-17(24)15-12-7-4-5-8-13(12)18(25)23(3)21-15/h4-5,7-8,11H,6,9-10H2,1-3H3,(H,19,24). The maximum absolute atomic E-state index is 12.5. The number of carbonyl (C=O) groups is 1. The molecular formula is C18H21N5O3. The van der Waals surface area contributed by atoms with Gasteiger partial charge in [-0.3, -0.25) is 9.59 Å². The summed E-state index contributed by atoms with van der Waals surface area (Å²) in [5.41, 5.74) is 0.0112. The van der Waals surface area contributed by atoms with Crippen LogP contribution >= 0.6 is 0 Å². The summed E-state index contributed by atoms with van der Waals surface area (Å²) in [5, 5.41) is 11.9. The van der Waals surface area contributed by atoms with E-state index in [1.54, 1.807) is 24.3 Å². The van der Waals surface area contributed by atoms with E-state index in [1.807, 2.05) is 13.8 Å². The molecule has 26 heavy (non-hydrogen) atoms. The van der Waals surface area contributed by atoms with Crippen LogP contribution in [-0.2, 0) is 13.5 Å². The van der Waals surface area contributed by atoms with Gasteiger partial charge in [0.25, 0.3) is 11.5 Å². The molecule has 2 aromatic heterocycles. The van der Waals surface area contributed by atoms with E-state index >= 15 is 0 Å². The fourth-order valence-corrected chi connectivity index (χ4v) is 2.60. The van der Waals surface area contributed by atoms with Crippen molar-refractivity contribution in [1.29, 1.82) is 0 Å². The van der Waals surface area contributed by atoms with E-state index in [4.69, 9.17) is 4.52 Å². The topological polar surface area (TPSA) is 103 Å². The van der Waals surface area contributed by atoms with Crippen LogP contribution in [0.1, 0.15) is 48.4 Å². The second kappa shape index (κ2) is 7.47. The molecule has 1 aromatic carbocycles. The first-order valence-electron chi connectivity index (χ1n) is 8.54. The fraction of sp³-hybridized carbons (Fsp3) is 0.389. The van der Waals surface area contributed by atoms with Crippen molar-refractivity contribution in [2.24, 2.45) is 7.05 Å². The first-order chi connectivity index (χ1) is 12.5. The Kier molecular flexibility index (Phi) is 5.11. The minimum atomic E-state index is -0.315. The molecule has 0 unspecified atom stereocenters. The highest BCUT2D eigenvalue weighted by atomic mass is 16.5. The van der Waals surface area contributed by atoms with Gasteiger partial charge in [0.1, 0.15) is 0 Å². The van der Waals surface area contributed by atoms with Crippen molar-refractivity contribution in [1.82, 2.24) is 25.2 Å². The molecule has 0 saturated carbocycles. The van der Waals surface area contributed by atoms with Crippen molar-refractivity contribution in [2.75, 3.05) is 6.54 Å². The number of rotatable bonds is 6. The van der Waals surface area contributed by atoms with Crippen LogP contribution < -0.4 is 10.9 Å². The van der Waals surface area contributed by atoms with Crippen LogP contribution in [0.3, 0.4) is 0 Å². The molecule has 8 heteroatoms. The van der Waals surface area contributed by atoms with Crippen LogP contribution in [0.15, 0.2) is 33.6 Å². The van der Waals surface area contributed by atoms with Gasteiger partial charge in [0, 0.05) is 31.3 Å².